The number of carbonyl (C=O) groups excluding carboxylic acids is 4. The van der Waals surface area contributed by atoms with Crippen molar-refractivity contribution in [3.05, 3.63) is 29.8 Å². The van der Waals surface area contributed by atoms with Crippen LogP contribution in [0.3, 0.4) is 0 Å². The lowest BCUT2D eigenvalue weighted by Gasteiger charge is -2.27. The zero-order chi connectivity index (χ0) is 31.1. The second-order valence-electron chi connectivity index (χ2n) is 10.0. The third-order valence-corrected chi connectivity index (χ3v) is 6.16. The molecule has 0 saturated heterocycles. The number of aliphatic carboxylic acids is 2. The van der Waals surface area contributed by atoms with Crippen LogP contribution >= 0.6 is 0 Å². The maximum absolute atomic E-state index is 13.2. The lowest BCUT2D eigenvalue weighted by Crippen LogP contribution is -2.59. The van der Waals surface area contributed by atoms with E-state index in [9.17, 15) is 39.0 Å². The largest absolute Gasteiger partial charge is 0.508 e. The van der Waals surface area contributed by atoms with Crippen LogP contribution in [0.5, 0.6) is 5.75 Å². The lowest BCUT2D eigenvalue weighted by atomic mass is 10.00. The molecule has 0 heterocycles. The van der Waals surface area contributed by atoms with E-state index in [4.69, 9.17) is 10.8 Å². The Morgan fingerprint density at radius 2 is 1.34 bits per heavy atom. The van der Waals surface area contributed by atoms with Crippen molar-refractivity contribution < 1.29 is 44.1 Å². The molecule has 0 fully saturated rings. The van der Waals surface area contributed by atoms with Crippen molar-refractivity contribution in [2.75, 3.05) is 6.54 Å². The molecule has 0 spiro atoms. The number of hydrogen-bond donors (Lipinski definition) is 8. The van der Waals surface area contributed by atoms with Crippen molar-refractivity contribution >= 4 is 35.6 Å². The summed E-state index contributed by atoms with van der Waals surface area (Å²) in [5.74, 6) is -5.85. The number of benzene rings is 1. The average molecular weight is 580 g/mol. The van der Waals surface area contributed by atoms with Crippen LogP contribution in [0.15, 0.2) is 24.3 Å². The quantitative estimate of drug-likeness (QED) is 0.105. The highest BCUT2D eigenvalue weighted by atomic mass is 16.4. The zero-order valence-corrected chi connectivity index (χ0v) is 23.5. The summed E-state index contributed by atoms with van der Waals surface area (Å²) >= 11 is 0. The molecule has 0 radical (unpaired) electrons. The van der Waals surface area contributed by atoms with Gasteiger partial charge < -0.3 is 42.3 Å². The predicted molar refractivity (Wildman–Crippen MR) is 147 cm³/mol. The summed E-state index contributed by atoms with van der Waals surface area (Å²) in [5.41, 5.74) is 6.03. The Hall–Kier alpha value is -4.20. The van der Waals surface area contributed by atoms with E-state index >= 15 is 0 Å². The van der Waals surface area contributed by atoms with E-state index in [-0.39, 0.29) is 25.0 Å². The number of phenols is 1. The number of amides is 4. The Morgan fingerprint density at radius 3 is 1.85 bits per heavy atom. The van der Waals surface area contributed by atoms with Crippen molar-refractivity contribution in [3.63, 3.8) is 0 Å². The van der Waals surface area contributed by atoms with E-state index in [0.29, 0.717) is 24.9 Å². The maximum atomic E-state index is 13.2. The Kier molecular flexibility index (Phi) is 14.8. The van der Waals surface area contributed by atoms with Crippen LogP contribution in [-0.2, 0) is 35.2 Å². The topological polar surface area (TPSA) is 237 Å². The number of rotatable bonds is 18. The molecule has 1 aromatic carbocycles. The standard InChI is InChI=1S/C27H41N5O9/c1-15(2)23(26(39)31-21(27(40)41)14-17-7-9-18(34)10-8-17)32-25(38)20(11-12-22(35)36)30-24(37)19(29-16(3)33)6-4-5-13-28/h7-10,15,19-21,23,34H,4-6,11-14,28H2,1-3H3,(H,29,33)(H,30,37)(H,31,39)(H,32,38)(H,35,36)(H,40,41). The first-order valence-corrected chi connectivity index (χ1v) is 13.4. The monoisotopic (exact) mass is 579 g/mol. The van der Waals surface area contributed by atoms with Crippen LogP contribution in [0.25, 0.3) is 0 Å². The molecule has 0 aliphatic rings. The Bertz CT molecular complexity index is 1060. The van der Waals surface area contributed by atoms with Crippen molar-refractivity contribution in [3.8, 4) is 5.75 Å². The summed E-state index contributed by atoms with van der Waals surface area (Å²) in [6.07, 6.45) is 0.500. The van der Waals surface area contributed by atoms with Gasteiger partial charge >= 0.3 is 11.9 Å². The van der Waals surface area contributed by atoms with E-state index in [1.165, 1.54) is 31.2 Å². The van der Waals surface area contributed by atoms with Gasteiger partial charge in [0.1, 0.15) is 29.9 Å². The molecular formula is C27H41N5O9. The second-order valence-corrected chi connectivity index (χ2v) is 10.0. The number of carbonyl (C=O) groups is 6. The third kappa shape index (κ3) is 13.1. The van der Waals surface area contributed by atoms with Gasteiger partial charge in [-0.3, -0.25) is 24.0 Å². The molecule has 4 amide bonds. The molecule has 1 rings (SSSR count). The van der Waals surface area contributed by atoms with Crippen LogP contribution in [0.4, 0.5) is 0 Å². The van der Waals surface area contributed by atoms with Crippen molar-refractivity contribution in [1.29, 1.82) is 0 Å². The SMILES string of the molecule is CC(=O)NC(CCCCN)C(=O)NC(CCC(=O)O)C(=O)NC(C(=O)NC(Cc1ccc(O)cc1)C(=O)O)C(C)C. The summed E-state index contributed by atoms with van der Waals surface area (Å²) in [6.45, 7) is 4.86. The number of hydrogen-bond acceptors (Lipinski definition) is 8. The molecule has 14 nitrogen and oxygen atoms in total. The molecule has 0 bridgehead atoms. The van der Waals surface area contributed by atoms with E-state index in [1.807, 2.05) is 0 Å². The molecular weight excluding hydrogens is 538 g/mol. The van der Waals surface area contributed by atoms with Crippen LogP contribution in [0, 0.1) is 5.92 Å². The number of carboxylic acids is 2. The second kappa shape index (κ2) is 17.5. The summed E-state index contributed by atoms with van der Waals surface area (Å²) in [4.78, 5) is 73.9. The minimum atomic E-state index is -1.36. The minimum Gasteiger partial charge on any atom is -0.508 e. The third-order valence-electron chi connectivity index (χ3n) is 6.16. The Morgan fingerprint density at radius 1 is 0.780 bits per heavy atom. The van der Waals surface area contributed by atoms with Gasteiger partial charge in [0.25, 0.3) is 0 Å². The first-order valence-electron chi connectivity index (χ1n) is 13.4. The van der Waals surface area contributed by atoms with Crippen LogP contribution in [0.2, 0.25) is 0 Å². The molecule has 9 N–H and O–H groups in total. The van der Waals surface area contributed by atoms with Gasteiger partial charge in [-0.15, -0.1) is 0 Å². The highest BCUT2D eigenvalue weighted by Crippen LogP contribution is 2.13. The highest BCUT2D eigenvalue weighted by Gasteiger charge is 2.32. The van der Waals surface area contributed by atoms with Crippen molar-refractivity contribution in [1.82, 2.24) is 21.3 Å². The van der Waals surface area contributed by atoms with Crippen molar-refractivity contribution in [2.24, 2.45) is 11.7 Å². The molecule has 1 aromatic rings. The summed E-state index contributed by atoms with van der Waals surface area (Å²) < 4.78 is 0. The van der Waals surface area contributed by atoms with Gasteiger partial charge in [-0.25, -0.2) is 4.79 Å². The van der Waals surface area contributed by atoms with Crippen molar-refractivity contribution in [2.45, 2.75) is 83.5 Å². The van der Waals surface area contributed by atoms with Gasteiger partial charge in [-0.1, -0.05) is 26.0 Å². The lowest BCUT2D eigenvalue weighted by molar-refractivity contribution is -0.142. The fourth-order valence-corrected chi connectivity index (χ4v) is 3.93. The molecule has 0 saturated carbocycles. The smallest absolute Gasteiger partial charge is 0.326 e. The number of nitrogens with one attached hydrogen (secondary N) is 4. The van der Waals surface area contributed by atoms with E-state index in [0.717, 1.165) is 0 Å². The molecule has 41 heavy (non-hydrogen) atoms. The van der Waals surface area contributed by atoms with Gasteiger partial charge in [0.2, 0.25) is 23.6 Å². The fourth-order valence-electron chi connectivity index (χ4n) is 3.93. The summed E-state index contributed by atoms with van der Waals surface area (Å²) in [5, 5.41) is 38.1. The van der Waals surface area contributed by atoms with E-state index in [1.54, 1.807) is 13.8 Å². The van der Waals surface area contributed by atoms with Gasteiger partial charge in [-0.2, -0.15) is 0 Å². The number of carboxylic acid groups (broad SMARTS) is 2. The predicted octanol–water partition coefficient (Wildman–Crippen LogP) is -0.372. The molecule has 228 valence electrons. The molecule has 0 aromatic heterocycles. The molecule has 0 aliphatic heterocycles. The number of phenolic OH excluding ortho intramolecular Hbond substituents is 1. The van der Waals surface area contributed by atoms with Crippen LogP contribution in [0.1, 0.15) is 58.4 Å². The number of nitrogens with two attached hydrogens (primary N) is 1. The van der Waals surface area contributed by atoms with Gasteiger partial charge in [0, 0.05) is 19.8 Å². The van der Waals surface area contributed by atoms with Crippen LogP contribution < -0.4 is 27.0 Å². The Balaban J connectivity index is 3.06. The van der Waals surface area contributed by atoms with Gasteiger partial charge in [-0.05, 0) is 55.8 Å². The van der Waals surface area contributed by atoms with Gasteiger partial charge in [0.05, 0.1) is 0 Å². The van der Waals surface area contributed by atoms with E-state index in [2.05, 4.69) is 21.3 Å². The normalized spacial score (nSPS) is 13.8. The first-order chi connectivity index (χ1) is 19.2. The summed E-state index contributed by atoms with van der Waals surface area (Å²) in [7, 11) is 0. The maximum Gasteiger partial charge on any atom is 0.326 e. The first kappa shape index (κ1) is 34.8. The highest BCUT2D eigenvalue weighted by molar-refractivity contribution is 5.95. The minimum absolute atomic E-state index is 0.00394. The fraction of sp³-hybridized carbons (Fsp3) is 0.556. The number of aromatic hydroxyl groups is 1. The molecule has 4 unspecified atom stereocenters. The zero-order valence-electron chi connectivity index (χ0n) is 23.5. The molecule has 4 atom stereocenters. The molecule has 0 aliphatic carbocycles. The number of unbranched alkanes of at least 4 members (excludes halogenated alkanes) is 1. The average Bonchev–Trinajstić information content (AvgIpc) is 2.88. The van der Waals surface area contributed by atoms with E-state index < -0.39 is 72.1 Å². The summed E-state index contributed by atoms with van der Waals surface area (Å²) in [6, 6.07) is 0.883. The molecule has 14 heteroatoms. The Labute approximate surface area is 238 Å². The van der Waals surface area contributed by atoms with Crippen LogP contribution in [-0.4, -0.2) is 81.6 Å². The van der Waals surface area contributed by atoms with Gasteiger partial charge in [0.15, 0.2) is 0 Å².